The first kappa shape index (κ1) is 29.2. The number of phosphoric acid groups is 1. The molecule has 0 aliphatic carbocycles. The van der Waals surface area contributed by atoms with E-state index in [0.717, 1.165) is 0 Å². The maximum Gasteiger partial charge on any atom is 1.00 e. The van der Waals surface area contributed by atoms with Gasteiger partial charge in [0.1, 0.15) is 0 Å². The quantitative estimate of drug-likeness (QED) is 0.319. The maximum absolute atomic E-state index is 8.93. The van der Waals surface area contributed by atoms with Gasteiger partial charge in [-0.2, -0.15) is 0 Å². The smallest absolute Gasteiger partial charge is 0.855 e. The summed E-state index contributed by atoms with van der Waals surface area (Å²) in [5.74, 6) is 0. The fourth-order valence-corrected chi connectivity index (χ4v) is 0. The van der Waals surface area contributed by atoms with Gasteiger partial charge in [-0.1, -0.05) is 6.92 Å². The molecule has 0 saturated carbocycles. The van der Waals surface area contributed by atoms with Crippen LogP contribution in [0.25, 0.3) is 0 Å². The first-order valence-corrected chi connectivity index (χ1v) is 3.29. The molecule has 0 aromatic heterocycles. The molecule has 0 spiro atoms. The molecule has 6 nitrogen and oxygen atoms in total. The Balaban J connectivity index is -0.0000000183. The molecule has 0 amide bonds. The van der Waals surface area contributed by atoms with Crippen LogP contribution in [0.1, 0.15) is 6.92 Å². The van der Waals surface area contributed by atoms with Crippen LogP contribution < -0.4 is 113 Å². The van der Waals surface area contributed by atoms with Crippen LogP contribution in [0.5, 0.6) is 0 Å². The van der Waals surface area contributed by atoms with Crippen molar-refractivity contribution in [3.8, 4) is 0 Å². The van der Waals surface area contributed by atoms with Gasteiger partial charge in [0.25, 0.3) is 7.82 Å². The van der Waals surface area contributed by atoms with Crippen molar-refractivity contribution in [2.45, 2.75) is 6.92 Å². The zero-order valence-electron chi connectivity index (χ0n) is 6.77. The van der Waals surface area contributed by atoms with Crippen molar-refractivity contribution in [2.24, 2.45) is 0 Å². The Hall–Kier alpha value is 3.30. The molecule has 0 atom stereocenters. The normalized spacial score (nSPS) is 7.00. The summed E-state index contributed by atoms with van der Waals surface area (Å²) in [5.41, 5.74) is 0. The summed E-state index contributed by atoms with van der Waals surface area (Å²) in [4.78, 5) is 22.9. The molecular weight excluding hydrogens is 229 g/mol. The van der Waals surface area contributed by atoms with Crippen molar-refractivity contribution in [1.82, 2.24) is 0 Å². The van der Waals surface area contributed by atoms with E-state index in [2.05, 4.69) is 0 Å². The standard InChI is InChI=1S/C2H5O.2K.H3O4P.H2O/c1-2-3;;;1-5(2,3)4;/h2H2,1H3;;;(H3,1,2,3,4);1H2/q-1;2*+1;;/p-1. The average Bonchev–Trinajstić information content (AvgIpc) is 1.27. The second-order valence-corrected chi connectivity index (χ2v) is 1.76. The summed E-state index contributed by atoms with van der Waals surface area (Å²) in [5, 5.41) is 8.93. The van der Waals surface area contributed by atoms with E-state index in [1.165, 1.54) is 0 Å². The summed E-state index contributed by atoms with van der Waals surface area (Å²) >= 11 is 0. The molecule has 60 valence electrons. The first-order chi connectivity index (χ1) is 3.41. The first-order valence-electron chi connectivity index (χ1n) is 1.76. The number of hydrogen-bond acceptors (Lipinski definition) is 3. The van der Waals surface area contributed by atoms with Gasteiger partial charge in [-0.05, 0) is 0 Å². The van der Waals surface area contributed by atoms with E-state index >= 15 is 0 Å². The van der Waals surface area contributed by atoms with Gasteiger partial charge in [0.15, 0.2) is 0 Å². The molecule has 0 rings (SSSR count). The molecule has 9 heteroatoms. The Morgan fingerprint density at radius 3 is 1.36 bits per heavy atom. The fraction of sp³-hybridized carbons (Fsp3) is 1.00. The van der Waals surface area contributed by atoms with Crippen molar-refractivity contribution in [2.75, 3.05) is 6.61 Å². The molecule has 4 N–H and O–H groups in total. The van der Waals surface area contributed by atoms with E-state index in [4.69, 9.17) is 24.4 Å². The van der Waals surface area contributed by atoms with E-state index < -0.39 is 7.82 Å². The van der Waals surface area contributed by atoms with Crippen molar-refractivity contribution in [1.29, 1.82) is 0 Å². The molecule has 11 heavy (non-hydrogen) atoms. The Morgan fingerprint density at radius 2 is 1.36 bits per heavy atom. The van der Waals surface area contributed by atoms with Crippen molar-refractivity contribution < 1.29 is 133 Å². The number of rotatable bonds is 0. The molecule has 0 aliphatic heterocycles. The minimum absolute atomic E-state index is 0. The van der Waals surface area contributed by atoms with Gasteiger partial charge < -0.3 is 25.3 Å². The van der Waals surface area contributed by atoms with Crippen LogP contribution in [-0.4, -0.2) is 21.9 Å². The van der Waals surface area contributed by atoms with Gasteiger partial charge in [-0.15, -0.1) is 6.61 Å². The van der Waals surface area contributed by atoms with E-state index in [0.29, 0.717) is 0 Å². The van der Waals surface area contributed by atoms with Crippen LogP contribution in [0.4, 0.5) is 0 Å². The van der Waals surface area contributed by atoms with Crippen LogP contribution in [0.3, 0.4) is 0 Å². The van der Waals surface area contributed by atoms with E-state index in [9.17, 15) is 0 Å². The third-order valence-electron chi connectivity index (χ3n) is 0. The SMILES string of the molecule is CC[O-].O.O=P([O-])(O)O.[K+].[K+]. The van der Waals surface area contributed by atoms with Crippen molar-refractivity contribution >= 4 is 7.82 Å². The largest absolute Gasteiger partial charge is 1.00 e. The summed E-state index contributed by atoms with van der Waals surface area (Å²) in [6.07, 6.45) is 0. The second-order valence-electron chi connectivity index (χ2n) is 0.779. The predicted molar refractivity (Wildman–Crippen MR) is 26.2 cm³/mol. The van der Waals surface area contributed by atoms with Crippen LogP contribution >= 0.6 is 7.82 Å². The Labute approximate surface area is 150 Å². The molecule has 0 unspecified atom stereocenters. The molecule has 0 saturated heterocycles. The summed E-state index contributed by atoms with van der Waals surface area (Å²) in [6.45, 7) is 1.57. The van der Waals surface area contributed by atoms with Gasteiger partial charge in [0, 0.05) is 0 Å². The van der Waals surface area contributed by atoms with Crippen molar-refractivity contribution in [3.05, 3.63) is 0 Å². The predicted octanol–water partition coefficient (Wildman–Crippen LogP) is -9.01. The molecule has 0 fully saturated rings. The van der Waals surface area contributed by atoms with E-state index in [1.54, 1.807) is 6.92 Å². The minimum Gasteiger partial charge on any atom is -0.855 e. The van der Waals surface area contributed by atoms with Crippen LogP contribution in [-0.2, 0) is 4.57 Å². The summed E-state index contributed by atoms with van der Waals surface area (Å²) in [6, 6.07) is 0. The zero-order chi connectivity index (χ0) is 7.21. The molecule has 0 bridgehead atoms. The molecule has 0 aliphatic rings. The average molecular weight is 238 g/mol. The van der Waals surface area contributed by atoms with Gasteiger partial charge >= 0.3 is 103 Å². The van der Waals surface area contributed by atoms with Gasteiger partial charge in [0.05, 0.1) is 0 Å². The molecular formula is C2H9K2O6P. The monoisotopic (exact) mass is 238 g/mol. The van der Waals surface area contributed by atoms with Crippen molar-refractivity contribution in [3.63, 3.8) is 0 Å². The zero-order valence-corrected chi connectivity index (χ0v) is 13.9. The minimum atomic E-state index is -4.89. The fourth-order valence-electron chi connectivity index (χ4n) is 0. The molecule has 0 radical (unpaired) electrons. The third kappa shape index (κ3) is 156. The van der Waals surface area contributed by atoms with E-state index in [1.807, 2.05) is 0 Å². The summed E-state index contributed by atoms with van der Waals surface area (Å²) in [7, 11) is -4.89. The Bertz CT molecular complexity index is 74.4. The van der Waals surface area contributed by atoms with Crippen LogP contribution in [0, 0.1) is 0 Å². The number of hydrogen-bond donors (Lipinski definition) is 2. The molecule has 0 aromatic carbocycles. The summed E-state index contributed by atoms with van der Waals surface area (Å²) < 4.78 is 8.77. The van der Waals surface area contributed by atoms with Gasteiger partial charge in [0.2, 0.25) is 0 Å². The molecule has 0 heterocycles. The Kier molecular flexibility index (Phi) is 50.4. The second kappa shape index (κ2) is 19.0. The maximum atomic E-state index is 8.93. The van der Waals surface area contributed by atoms with Gasteiger partial charge in [-0.3, -0.25) is 4.57 Å². The third-order valence-corrected chi connectivity index (χ3v) is 0. The van der Waals surface area contributed by atoms with Crippen LogP contribution in [0.15, 0.2) is 0 Å². The van der Waals surface area contributed by atoms with E-state index in [-0.39, 0.29) is 115 Å². The topological polar surface area (TPSA) is 135 Å². The Morgan fingerprint density at radius 1 is 1.36 bits per heavy atom. The molecule has 0 aromatic rings. The van der Waals surface area contributed by atoms with Gasteiger partial charge in [-0.25, -0.2) is 0 Å². The van der Waals surface area contributed by atoms with Crippen LogP contribution in [0.2, 0.25) is 0 Å².